The number of benzene rings is 3. The third kappa shape index (κ3) is 6.35. The number of methoxy groups -OCH3 is 1. The Hall–Kier alpha value is -4.69. The summed E-state index contributed by atoms with van der Waals surface area (Å²) in [6.07, 6.45) is 3.80. The van der Waals surface area contributed by atoms with Crippen molar-refractivity contribution in [3.63, 3.8) is 0 Å². The number of carbonyl (C=O) groups is 3. The fourth-order valence-corrected chi connectivity index (χ4v) is 3.97. The third-order valence-electron chi connectivity index (χ3n) is 5.80. The normalized spacial score (nSPS) is 11.8. The Bertz CT molecular complexity index is 1530. The number of hydrogen-bond acceptors (Lipinski definition) is 6. The minimum absolute atomic E-state index is 0.0672. The van der Waals surface area contributed by atoms with Gasteiger partial charge in [-0.2, -0.15) is 0 Å². The Morgan fingerprint density at radius 1 is 0.974 bits per heavy atom. The predicted molar refractivity (Wildman–Crippen MR) is 144 cm³/mol. The number of rotatable bonds is 8. The van der Waals surface area contributed by atoms with Crippen LogP contribution in [0.1, 0.15) is 37.5 Å². The van der Waals surface area contributed by atoms with E-state index in [4.69, 9.17) is 16.3 Å². The molecule has 0 radical (unpaired) electrons. The number of nitrogens with one attached hydrogen (secondary N) is 1. The number of phenols is 1. The van der Waals surface area contributed by atoms with Crippen molar-refractivity contribution in [1.82, 2.24) is 10.3 Å². The Balaban J connectivity index is 1.62. The quantitative estimate of drug-likeness (QED) is 0.217. The molecular weight excluding hydrogens is 508 g/mol. The van der Waals surface area contributed by atoms with Crippen molar-refractivity contribution in [3.8, 4) is 5.75 Å². The van der Waals surface area contributed by atoms with Gasteiger partial charge >= 0.3 is 11.9 Å². The Morgan fingerprint density at radius 3 is 2.29 bits per heavy atom. The number of fused-ring (bicyclic) bond motifs is 1. The number of ether oxygens (including phenoxy) is 1. The van der Waals surface area contributed by atoms with E-state index in [0.717, 1.165) is 11.1 Å². The fourth-order valence-electron chi connectivity index (χ4n) is 3.84. The molecule has 3 aromatic carbocycles. The molecule has 0 aliphatic carbocycles. The number of aromatic nitrogens is 1. The number of pyridine rings is 1. The number of aromatic hydroxyl groups is 1. The molecule has 4 rings (SSSR count). The van der Waals surface area contributed by atoms with Gasteiger partial charge in [0.25, 0.3) is 5.91 Å². The second-order valence-electron chi connectivity index (χ2n) is 8.44. The van der Waals surface area contributed by atoms with E-state index in [2.05, 4.69) is 10.3 Å². The number of amides is 1. The maximum Gasteiger partial charge on any atom is 0.336 e. The lowest BCUT2D eigenvalue weighted by molar-refractivity contribution is -0.142. The van der Waals surface area contributed by atoms with Crippen LogP contribution in [0.25, 0.3) is 23.1 Å². The van der Waals surface area contributed by atoms with Gasteiger partial charge in [0.1, 0.15) is 17.5 Å². The molecule has 38 heavy (non-hydrogen) atoms. The number of hydrogen-bond donors (Lipinski definition) is 3. The summed E-state index contributed by atoms with van der Waals surface area (Å²) < 4.78 is 4.82. The molecule has 0 aliphatic rings. The average molecular weight is 531 g/mol. The van der Waals surface area contributed by atoms with E-state index in [0.29, 0.717) is 21.5 Å². The van der Waals surface area contributed by atoms with Crippen molar-refractivity contribution in [2.75, 3.05) is 7.11 Å². The van der Waals surface area contributed by atoms with Gasteiger partial charge in [-0.25, -0.2) is 14.6 Å². The van der Waals surface area contributed by atoms with Crippen molar-refractivity contribution < 1.29 is 29.3 Å². The fraction of sp³-hybridized carbons (Fsp3) is 0.103. The van der Waals surface area contributed by atoms with E-state index < -0.39 is 23.9 Å². The molecule has 4 aromatic rings. The molecule has 9 heteroatoms. The summed E-state index contributed by atoms with van der Waals surface area (Å²) in [5.74, 6) is -2.56. The van der Waals surface area contributed by atoms with E-state index in [9.17, 15) is 24.6 Å². The molecule has 0 spiro atoms. The highest BCUT2D eigenvalue weighted by Crippen LogP contribution is 2.22. The van der Waals surface area contributed by atoms with Crippen LogP contribution in [-0.4, -0.2) is 46.2 Å². The summed E-state index contributed by atoms with van der Waals surface area (Å²) in [6, 6.07) is 18.6. The van der Waals surface area contributed by atoms with Gasteiger partial charge in [0.15, 0.2) is 0 Å². The SMILES string of the molecule is COC(=O)[C@H](Cc1ccc(O)cc1)NC(=O)c1cc(C(=O)O)c2cc(/C=C/c3ccc(Cl)cc3)ccc2n1. The molecule has 0 fully saturated rings. The number of phenolic OH excluding ortho intramolecular Hbond substituents is 1. The van der Waals surface area contributed by atoms with E-state index >= 15 is 0 Å². The minimum atomic E-state index is -1.22. The average Bonchev–Trinajstić information content (AvgIpc) is 2.92. The van der Waals surface area contributed by atoms with Gasteiger partial charge in [-0.1, -0.05) is 54.1 Å². The summed E-state index contributed by atoms with van der Waals surface area (Å²) in [7, 11) is 1.20. The number of nitrogens with zero attached hydrogens (tertiary/aromatic N) is 1. The van der Waals surface area contributed by atoms with Crippen LogP contribution in [0, 0.1) is 0 Å². The van der Waals surface area contributed by atoms with Gasteiger partial charge in [0.2, 0.25) is 0 Å². The van der Waals surface area contributed by atoms with Crippen LogP contribution in [0.3, 0.4) is 0 Å². The molecule has 0 saturated heterocycles. The number of aromatic carboxylic acids is 1. The molecule has 0 aliphatic heterocycles. The number of carboxylic acid groups (broad SMARTS) is 1. The molecule has 1 atom stereocenters. The second kappa shape index (κ2) is 11.6. The summed E-state index contributed by atoms with van der Waals surface area (Å²) >= 11 is 5.92. The molecule has 1 amide bonds. The van der Waals surface area contributed by atoms with Crippen molar-refractivity contribution in [1.29, 1.82) is 0 Å². The van der Waals surface area contributed by atoms with Crippen molar-refractivity contribution in [2.45, 2.75) is 12.5 Å². The first-order valence-corrected chi connectivity index (χ1v) is 11.9. The highest BCUT2D eigenvalue weighted by atomic mass is 35.5. The van der Waals surface area contributed by atoms with Gasteiger partial charge in [-0.15, -0.1) is 0 Å². The van der Waals surface area contributed by atoms with Gasteiger partial charge in [0, 0.05) is 16.8 Å². The van der Waals surface area contributed by atoms with E-state index in [-0.39, 0.29) is 23.4 Å². The molecule has 0 bridgehead atoms. The van der Waals surface area contributed by atoms with Crippen molar-refractivity contribution >= 4 is 52.5 Å². The van der Waals surface area contributed by atoms with Crippen LogP contribution in [0.15, 0.2) is 72.8 Å². The number of halogens is 1. The highest BCUT2D eigenvalue weighted by molar-refractivity contribution is 6.30. The smallest absolute Gasteiger partial charge is 0.336 e. The first kappa shape index (κ1) is 26.4. The lowest BCUT2D eigenvalue weighted by atomic mass is 10.0. The first-order chi connectivity index (χ1) is 18.2. The molecule has 0 saturated carbocycles. The Morgan fingerprint density at radius 2 is 1.63 bits per heavy atom. The lowest BCUT2D eigenvalue weighted by Gasteiger charge is -2.17. The van der Waals surface area contributed by atoms with Gasteiger partial charge in [-0.3, -0.25) is 4.79 Å². The van der Waals surface area contributed by atoms with Gasteiger partial charge in [-0.05, 0) is 59.2 Å². The maximum atomic E-state index is 13.1. The zero-order valence-electron chi connectivity index (χ0n) is 20.2. The Labute approximate surface area is 223 Å². The topological polar surface area (TPSA) is 126 Å². The molecule has 8 nitrogen and oxygen atoms in total. The third-order valence-corrected chi connectivity index (χ3v) is 6.05. The lowest BCUT2D eigenvalue weighted by Crippen LogP contribution is -2.43. The van der Waals surface area contributed by atoms with E-state index in [1.54, 1.807) is 42.5 Å². The van der Waals surface area contributed by atoms with E-state index in [1.807, 2.05) is 24.3 Å². The molecule has 3 N–H and O–H groups in total. The van der Waals surface area contributed by atoms with Crippen LogP contribution in [0.2, 0.25) is 5.02 Å². The Kier molecular flexibility index (Phi) is 8.03. The number of esters is 1. The van der Waals surface area contributed by atoms with Crippen molar-refractivity contribution in [2.24, 2.45) is 0 Å². The molecule has 1 heterocycles. The van der Waals surface area contributed by atoms with Gasteiger partial charge < -0.3 is 20.3 Å². The molecule has 1 aromatic heterocycles. The van der Waals surface area contributed by atoms with Crippen LogP contribution < -0.4 is 5.32 Å². The largest absolute Gasteiger partial charge is 0.508 e. The summed E-state index contributed by atoms with van der Waals surface area (Å²) in [5, 5.41) is 22.9. The van der Waals surface area contributed by atoms with Crippen LogP contribution in [0.4, 0.5) is 0 Å². The monoisotopic (exact) mass is 530 g/mol. The number of carboxylic acids is 1. The van der Waals surface area contributed by atoms with Crippen molar-refractivity contribution in [3.05, 3.63) is 106 Å². The molecule has 0 unspecified atom stereocenters. The van der Waals surface area contributed by atoms with Crippen LogP contribution >= 0.6 is 11.6 Å². The summed E-state index contributed by atoms with van der Waals surface area (Å²) in [4.78, 5) is 41.8. The zero-order chi connectivity index (χ0) is 27.2. The molecular formula is C29H23ClN2O6. The first-order valence-electron chi connectivity index (χ1n) is 11.5. The zero-order valence-corrected chi connectivity index (χ0v) is 21.0. The minimum Gasteiger partial charge on any atom is -0.508 e. The number of carbonyl (C=O) groups excluding carboxylic acids is 2. The molecule has 192 valence electrons. The second-order valence-corrected chi connectivity index (χ2v) is 8.88. The predicted octanol–water partition coefficient (Wildman–Crippen LogP) is 4.98. The standard InChI is InChI=1S/C29H23ClN2O6/c1-38-29(37)26(15-19-6-11-21(33)12-7-19)32-27(34)25-16-23(28(35)36)22-14-18(8-13-24(22)31-25)3-2-17-4-9-20(30)10-5-17/h2-14,16,26,33H,15H2,1H3,(H,32,34)(H,35,36)/b3-2+/t26-/m0/s1. The van der Waals surface area contributed by atoms with Crippen LogP contribution in [-0.2, 0) is 16.0 Å². The highest BCUT2D eigenvalue weighted by Gasteiger charge is 2.24. The summed E-state index contributed by atoms with van der Waals surface area (Å²) in [5.41, 5.74) is 2.40. The van der Waals surface area contributed by atoms with Gasteiger partial charge in [0.05, 0.1) is 18.2 Å². The summed E-state index contributed by atoms with van der Waals surface area (Å²) in [6.45, 7) is 0. The maximum absolute atomic E-state index is 13.1. The van der Waals surface area contributed by atoms with E-state index in [1.165, 1.54) is 25.3 Å². The van der Waals surface area contributed by atoms with Crippen LogP contribution in [0.5, 0.6) is 5.75 Å².